The number of fused-ring (bicyclic) bond motifs is 2. The van der Waals surface area contributed by atoms with Gasteiger partial charge < -0.3 is 19.1 Å². The van der Waals surface area contributed by atoms with E-state index in [2.05, 4.69) is 42.2 Å². The Hall–Kier alpha value is -3.05. The molecule has 1 aliphatic heterocycles. The van der Waals surface area contributed by atoms with E-state index in [1.165, 1.54) is 17.0 Å². The van der Waals surface area contributed by atoms with Gasteiger partial charge in [-0.15, -0.1) is 0 Å². The molecule has 0 unspecified atom stereocenters. The van der Waals surface area contributed by atoms with Crippen molar-refractivity contribution in [2.45, 2.75) is 24.3 Å². The number of piperidine rings is 1. The lowest BCUT2D eigenvalue weighted by Gasteiger charge is -2.28. The average Bonchev–Trinajstić information content (AvgIpc) is 3.40. The maximum atomic E-state index is 12.4. The largest absolute Gasteiger partial charge is 0.534 e. The van der Waals surface area contributed by atoms with Gasteiger partial charge in [0, 0.05) is 24.0 Å². The van der Waals surface area contributed by atoms with Gasteiger partial charge in [-0.25, -0.2) is 4.98 Å². The summed E-state index contributed by atoms with van der Waals surface area (Å²) in [6.07, 6.45) is 5.52. The van der Waals surface area contributed by atoms with Crippen molar-refractivity contribution in [1.29, 1.82) is 0 Å². The van der Waals surface area contributed by atoms with Gasteiger partial charge in [-0.3, -0.25) is 0 Å². The Morgan fingerprint density at radius 3 is 2.45 bits per heavy atom. The summed E-state index contributed by atoms with van der Waals surface area (Å²) >= 11 is 0. The molecule has 0 bridgehead atoms. The summed E-state index contributed by atoms with van der Waals surface area (Å²) in [5, 5.41) is 1.28. The number of H-pyrrole nitrogens is 2. The van der Waals surface area contributed by atoms with E-state index >= 15 is 0 Å². The number of aromatic nitrogens is 3. The monoisotopic (exact) mass is 480 g/mol. The standard InChI is InChI=1S/C14H16F3N3O3S.C8H7N/c1-20-6-4-9(5-7-20)10-8-18-11-2-3-12(19-13(10)11)23-24(21,22)14(15,16)17;1-2-4-8-7(3-1)5-6-9-8/h2-3,8-9,18H,4-7H2,1H3;1-6,9H. The Morgan fingerprint density at radius 2 is 1.76 bits per heavy atom. The predicted molar refractivity (Wildman–Crippen MR) is 119 cm³/mol. The summed E-state index contributed by atoms with van der Waals surface area (Å²) in [6.45, 7) is 1.83. The third-order valence-electron chi connectivity index (χ3n) is 5.63. The molecule has 7 nitrogen and oxygen atoms in total. The van der Waals surface area contributed by atoms with E-state index in [1.807, 2.05) is 25.4 Å². The van der Waals surface area contributed by atoms with Crippen molar-refractivity contribution in [1.82, 2.24) is 19.9 Å². The number of hydrogen-bond donors (Lipinski definition) is 2. The summed E-state index contributed by atoms with van der Waals surface area (Å²) < 4.78 is 63.6. The van der Waals surface area contributed by atoms with Crippen molar-refractivity contribution in [3.63, 3.8) is 0 Å². The number of hydrogen-bond acceptors (Lipinski definition) is 5. The maximum absolute atomic E-state index is 12.4. The van der Waals surface area contributed by atoms with E-state index in [1.54, 1.807) is 6.20 Å². The lowest BCUT2D eigenvalue weighted by atomic mass is 9.91. The predicted octanol–water partition coefficient (Wildman–Crippen LogP) is 4.77. The first-order chi connectivity index (χ1) is 15.6. The molecule has 11 heteroatoms. The van der Waals surface area contributed by atoms with Crippen molar-refractivity contribution in [2.24, 2.45) is 0 Å². The van der Waals surface area contributed by atoms with Gasteiger partial charge in [-0.05, 0) is 68.0 Å². The Morgan fingerprint density at radius 1 is 1.03 bits per heavy atom. The zero-order valence-corrected chi connectivity index (χ0v) is 18.6. The summed E-state index contributed by atoms with van der Waals surface area (Å²) in [4.78, 5) is 12.3. The minimum absolute atomic E-state index is 0.219. The number of aromatic amines is 2. The van der Waals surface area contributed by atoms with Crippen LogP contribution < -0.4 is 4.18 Å². The van der Waals surface area contributed by atoms with E-state index in [0.717, 1.165) is 37.6 Å². The van der Waals surface area contributed by atoms with Gasteiger partial charge in [-0.2, -0.15) is 21.6 Å². The lowest BCUT2D eigenvalue weighted by molar-refractivity contribution is -0.0501. The molecule has 1 aliphatic rings. The van der Waals surface area contributed by atoms with Crippen LogP contribution in [-0.2, 0) is 10.1 Å². The molecule has 0 radical (unpaired) electrons. The van der Waals surface area contributed by atoms with E-state index in [-0.39, 0.29) is 5.92 Å². The molecule has 4 aromatic rings. The van der Waals surface area contributed by atoms with Crippen LogP contribution in [0.2, 0.25) is 0 Å². The highest BCUT2D eigenvalue weighted by Gasteiger charge is 2.48. The topological polar surface area (TPSA) is 91.1 Å². The highest BCUT2D eigenvalue weighted by atomic mass is 32.2. The van der Waals surface area contributed by atoms with Crippen LogP contribution in [0, 0.1) is 0 Å². The molecule has 1 fully saturated rings. The molecular formula is C22H23F3N4O3S. The molecule has 3 aromatic heterocycles. The number of halogens is 3. The Bertz CT molecular complexity index is 1310. The number of para-hydroxylation sites is 1. The zero-order chi connectivity index (χ0) is 23.6. The average molecular weight is 481 g/mol. The molecular weight excluding hydrogens is 457 g/mol. The van der Waals surface area contributed by atoms with E-state index < -0.39 is 21.5 Å². The van der Waals surface area contributed by atoms with Crippen molar-refractivity contribution in [3.05, 3.63) is 60.4 Å². The minimum Gasteiger partial charge on any atom is -0.361 e. The molecule has 5 rings (SSSR count). The number of alkyl halides is 3. The van der Waals surface area contributed by atoms with Gasteiger partial charge >= 0.3 is 15.6 Å². The Labute approximate surface area is 188 Å². The number of rotatable bonds is 3. The van der Waals surface area contributed by atoms with Crippen LogP contribution >= 0.6 is 0 Å². The molecule has 0 aliphatic carbocycles. The molecule has 1 saturated heterocycles. The van der Waals surface area contributed by atoms with Gasteiger partial charge in [-0.1, -0.05) is 18.2 Å². The van der Waals surface area contributed by atoms with Gasteiger partial charge in [0.05, 0.1) is 11.0 Å². The van der Waals surface area contributed by atoms with Crippen LogP contribution in [-0.4, -0.2) is 53.9 Å². The fourth-order valence-corrected chi connectivity index (χ4v) is 4.25. The first-order valence-electron chi connectivity index (χ1n) is 10.3. The van der Waals surface area contributed by atoms with Crippen LogP contribution in [0.4, 0.5) is 13.2 Å². The molecule has 33 heavy (non-hydrogen) atoms. The summed E-state index contributed by atoms with van der Waals surface area (Å²) in [5.74, 6) is -0.370. The third-order valence-corrected chi connectivity index (χ3v) is 6.58. The smallest absolute Gasteiger partial charge is 0.361 e. The van der Waals surface area contributed by atoms with Crippen LogP contribution in [0.15, 0.2) is 54.9 Å². The van der Waals surface area contributed by atoms with Crippen molar-refractivity contribution >= 4 is 32.1 Å². The Balaban J connectivity index is 0.000000238. The number of pyridine rings is 1. The van der Waals surface area contributed by atoms with Crippen LogP contribution in [0.25, 0.3) is 21.9 Å². The minimum atomic E-state index is -5.73. The van der Waals surface area contributed by atoms with Crippen molar-refractivity contribution < 1.29 is 25.8 Å². The van der Waals surface area contributed by atoms with Gasteiger partial charge in [0.1, 0.15) is 0 Å². The van der Waals surface area contributed by atoms with Gasteiger partial charge in [0.25, 0.3) is 0 Å². The molecule has 176 valence electrons. The maximum Gasteiger partial charge on any atom is 0.534 e. The SMILES string of the molecule is CN1CCC(c2c[nH]c3ccc(OS(=O)(=O)C(F)(F)F)nc23)CC1.c1ccc2[nH]ccc2c1. The molecule has 0 saturated carbocycles. The van der Waals surface area contributed by atoms with Gasteiger partial charge in [0.15, 0.2) is 0 Å². The molecule has 0 atom stereocenters. The Kier molecular flexibility index (Phi) is 6.35. The van der Waals surface area contributed by atoms with Crippen molar-refractivity contribution in [3.8, 4) is 5.88 Å². The molecule has 4 heterocycles. The number of benzene rings is 1. The fraction of sp³-hybridized carbons (Fsp3) is 0.318. The van der Waals surface area contributed by atoms with E-state index in [0.29, 0.717) is 11.0 Å². The molecule has 1 aromatic carbocycles. The normalized spacial score (nSPS) is 16.0. The number of nitrogens with one attached hydrogen (secondary N) is 2. The van der Waals surface area contributed by atoms with Crippen LogP contribution in [0.3, 0.4) is 0 Å². The molecule has 0 spiro atoms. The number of likely N-dealkylation sites (tertiary alicyclic amines) is 1. The van der Waals surface area contributed by atoms with Crippen LogP contribution in [0.1, 0.15) is 24.3 Å². The van der Waals surface area contributed by atoms with Crippen LogP contribution in [0.5, 0.6) is 5.88 Å². The molecule has 0 amide bonds. The zero-order valence-electron chi connectivity index (χ0n) is 17.8. The quantitative estimate of drug-likeness (QED) is 0.326. The number of nitrogens with zero attached hydrogens (tertiary/aromatic N) is 2. The third kappa shape index (κ3) is 5.14. The van der Waals surface area contributed by atoms with Crippen molar-refractivity contribution in [2.75, 3.05) is 20.1 Å². The second kappa shape index (κ2) is 9.06. The first kappa shape index (κ1) is 23.1. The fourth-order valence-electron chi connectivity index (χ4n) is 3.83. The molecule has 2 N–H and O–H groups in total. The first-order valence-corrected chi connectivity index (χ1v) is 11.7. The second-order valence-corrected chi connectivity index (χ2v) is 9.45. The highest BCUT2D eigenvalue weighted by Crippen LogP contribution is 2.33. The summed E-state index contributed by atoms with van der Waals surface area (Å²) in [5.41, 5.74) is -2.34. The summed E-state index contributed by atoms with van der Waals surface area (Å²) in [7, 11) is -3.70. The van der Waals surface area contributed by atoms with Gasteiger partial charge in [0.2, 0.25) is 5.88 Å². The van der Waals surface area contributed by atoms with E-state index in [4.69, 9.17) is 0 Å². The van der Waals surface area contributed by atoms with E-state index in [9.17, 15) is 21.6 Å². The summed E-state index contributed by atoms with van der Waals surface area (Å²) in [6, 6.07) is 12.8. The second-order valence-electron chi connectivity index (χ2n) is 7.92. The lowest BCUT2D eigenvalue weighted by Crippen LogP contribution is -2.29. The highest BCUT2D eigenvalue weighted by molar-refractivity contribution is 7.87.